The van der Waals surface area contributed by atoms with Crippen molar-refractivity contribution in [3.8, 4) is 0 Å². The summed E-state index contributed by atoms with van der Waals surface area (Å²) >= 11 is 0. The summed E-state index contributed by atoms with van der Waals surface area (Å²) in [6.07, 6.45) is 1.92. The Balaban J connectivity index is 2.92. The molecule has 108 valence electrons. The number of nitrogens with zero attached hydrogens (tertiary/aromatic N) is 1. The lowest BCUT2D eigenvalue weighted by atomic mass is 10.1. The van der Waals surface area contributed by atoms with Gasteiger partial charge in [-0.05, 0) is 30.9 Å². The maximum Gasteiger partial charge on any atom is 0.289 e. The zero-order valence-corrected chi connectivity index (χ0v) is 12.5. The molecule has 0 aliphatic rings. The first-order valence-corrected chi connectivity index (χ1v) is 7.13. The molecule has 1 aromatic rings. The third-order valence-corrected chi connectivity index (χ3v) is 3.28. The number of rotatable bonds is 7. The SMILES string of the molecule is CCC(CC)N(CC(C)C)C(=O)c1ccc(CN)o1. The third kappa shape index (κ3) is 4.10. The van der Waals surface area contributed by atoms with Crippen molar-refractivity contribution < 1.29 is 9.21 Å². The zero-order chi connectivity index (χ0) is 14.4. The molecule has 1 aromatic heterocycles. The summed E-state index contributed by atoms with van der Waals surface area (Å²) in [6, 6.07) is 3.76. The van der Waals surface area contributed by atoms with Crippen molar-refractivity contribution >= 4 is 5.91 Å². The first-order chi connectivity index (χ1) is 9.03. The van der Waals surface area contributed by atoms with Gasteiger partial charge in [0.15, 0.2) is 5.76 Å². The Hall–Kier alpha value is -1.29. The van der Waals surface area contributed by atoms with Gasteiger partial charge in [-0.15, -0.1) is 0 Å². The van der Waals surface area contributed by atoms with Crippen LogP contribution in [-0.2, 0) is 6.54 Å². The third-order valence-electron chi connectivity index (χ3n) is 3.28. The average molecular weight is 266 g/mol. The molecule has 4 nitrogen and oxygen atoms in total. The van der Waals surface area contributed by atoms with E-state index in [-0.39, 0.29) is 11.9 Å². The van der Waals surface area contributed by atoms with Gasteiger partial charge in [0.2, 0.25) is 0 Å². The Bertz CT molecular complexity index is 395. The lowest BCUT2D eigenvalue weighted by molar-refractivity contribution is 0.0606. The van der Waals surface area contributed by atoms with Crippen molar-refractivity contribution in [1.82, 2.24) is 4.90 Å². The van der Waals surface area contributed by atoms with E-state index in [0.717, 1.165) is 19.4 Å². The summed E-state index contributed by atoms with van der Waals surface area (Å²) in [5, 5.41) is 0. The monoisotopic (exact) mass is 266 g/mol. The van der Waals surface area contributed by atoms with Gasteiger partial charge in [-0.2, -0.15) is 0 Å². The highest BCUT2D eigenvalue weighted by Gasteiger charge is 2.25. The molecule has 0 saturated carbocycles. The van der Waals surface area contributed by atoms with Crippen LogP contribution in [0.1, 0.15) is 56.9 Å². The second kappa shape index (κ2) is 7.34. The Kier molecular flexibility index (Phi) is 6.09. The molecular weight excluding hydrogens is 240 g/mol. The minimum atomic E-state index is -0.0258. The van der Waals surface area contributed by atoms with Crippen LogP contribution in [0.4, 0.5) is 0 Å². The van der Waals surface area contributed by atoms with Crippen LogP contribution >= 0.6 is 0 Å². The molecule has 0 spiro atoms. The molecule has 1 heterocycles. The van der Waals surface area contributed by atoms with Crippen LogP contribution in [0.2, 0.25) is 0 Å². The molecule has 0 aromatic carbocycles. The minimum absolute atomic E-state index is 0.0258. The van der Waals surface area contributed by atoms with Gasteiger partial charge in [0.1, 0.15) is 5.76 Å². The Morgan fingerprint density at radius 1 is 1.32 bits per heavy atom. The number of hydrogen-bond donors (Lipinski definition) is 1. The van der Waals surface area contributed by atoms with E-state index in [2.05, 4.69) is 27.7 Å². The lowest BCUT2D eigenvalue weighted by Crippen LogP contribution is -2.41. The summed E-state index contributed by atoms with van der Waals surface area (Å²) in [5.41, 5.74) is 5.51. The molecule has 0 bridgehead atoms. The van der Waals surface area contributed by atoms with E-state index >= 15 is 0 Å². The normalized spacial score (nSPS) is 11.3. The predicted octanol–water partition coefficient (Wildman–Crippen LogP) is 3.03. The summed E-state index contributed by atoms with van der Waals surface area (Å²) in [5.74, 6) is 1.46. The zero-order valence-electron chi connectivity index (χ0n) is 12.5. The Morgan fingerprint density at radius 3 is 2.37 bits per heavy atom. The summed E-state index contributed by atoms with van der Waals surface area (Å²) in [6.45, 7) is 9.54. The van der Waals surface area contributed by atoms with Gasteiger partial charge in [0.05, 0.1) is 6.54 Å². The smallest absolute Gasteiger partial charge is 0.289 e. The van der Waals surface area contributed by atoms with Gasteiger partial charge in [0, 0.05) is 12.6 Å². The molecule has 19 heavy (non-hydrogen) atoms. The van der Waals surface area contributed by atoms with Gasteiger partial charge >= 0.3 is 0 Å². The van der Waals surface area contributed by atoms with Crippen LogP contribution in [0.25, 0.3) is 0 Å². The van der Waals surface area contributed by atoms with E-state index in [0.29, 0.717) is 24.0 Å². The molecule has 0 unspecified atom stereocenters. The van der Waals surface area contributed by atoms with Gasteiger partial charge in [0.25, 0.3) is 5.91 Å². The van der Waals surface area contributed by atoms with E-state index in [1.54, 1.807) is 12.1 Å². The number of furan rings is 1. The van der Waals surface area contributed by atoms with Crippen LogP contribution in [0.3, 0.4) is 0 Å². The molecule has 0 atom stereocenters. The maximum absolute atomic E-state index is 12.6. The lowest BCUT2D eigenvalue weighted by Gasteiger charge is -2.31. The van der Waals surface area contributed by atoms with Gasteiger partial charge in [-0.25, -0.2) is 0 Å². The molecule has 2 N–H and O–H groups in total. The van der Waals surface area contributed by atoms with E-state index in [1.807, 2.05) is 4.90 Å². The summed E-state index contributed by atoms with van der Waals surface area (Å²) in [7, 11) is 0. The number of amides is 1. The second-order valence-corrected chi connectivity index (χ2v) is 5.29. The van der Waals surface area contributed by atoms with Crippen LogP contribution in [0.5, 0.6) is 0 Å². The van der Waals surface area contributed by atoms with Crippen molar-refractivity contribution in [2.45, 2.75) is 53.1 Å². The van der Waals surface area contributed by atoms with E-state index in [1.165, 1.54) is 0 Å². The first-order valence-electron chi connectivity index (χ1n) is 7.13. The fourth-order valence-corrected chi connectivity index (χ4v) is 2.26. The summed E-state index contributed by atoms with van der Waals surface area (Å²) < 4.78 is 5.48. The van der Waals surface area contributed by atoms with E-state index in [4.69, 9.17) is 10.2 Å². The highest BCUT2D eigenvalue weighted by atomic mass is 16.4. The van der Waals surface area contributed by atoms with Crippen LogP contribution in [0.15, 0.2) is 16.5 Å². The highest BCUT2D eigenvalue weighted by molar-refractivity contribution is 5.91. The largest absolute Gasteiger partial charge is 0.455 e. The quantitative estimate of drug-likeness (QED) is 0.825. The highest BCUT2D eigenvalue weighted by Crippen LogP contribution is 2.17. The number of nitrogens with two attached hydrogens (primary N) is 1. The maximum atomic E-state index is 12.6. The number of hydrogen-bond acceptors (Lipinski definition) is 3. The van der Waals surface area contributed by atoms with Crippen LogP contribution < -0.4 is 5.73 Å². The average Bonchev–Trinajstić information content (AvgIpc) is 2.86. The fraction of sp³-hybridized carbons (Fsp3) is 0.667. The standard InChI is InChI=1S/C15H26N2O2/c1-5-12(6-2)17(10-11(3)4)15(18)14-8-7-13(9-16)19-14/h7-8,11-12H,5-6,9-10,16H2,1-4H3. The van der Waals surface area contributed by atoms with Crippen molar-refractivity contribution in [2.75, 3.05) is 6.54 Å². The molecule has 0 saturated heterocycles. The molecule has 4 heteroatoms. The summed E-state index contributed by atoms with van der Waals surface area (Å²) in [4.78, 5) is 14.5. The predicted molar refractivity (Wildman–Crippen MR) is 76.8 cm³/mol. The molecular formula is C15H26N2O2. The first kappa shape index (κ1) is 15.8. The van der Waals surface area contributed by atoms with Crippen molar-refractivity contribution in [3.63, 3.8) is 0 Å². The molecule has 0 fully saturated rings. The van der Waals surface area contributed by atoms with E-state index in [9.17, 15) is 4.79 Å². The van der Waals surface area contributed by atoms with Crippen molar-refractivity contribution in [2.24, 2.45) is 11.7 Å². The van der Waals surface area contributed by atoms with Crippen LogP contribution in [0, 0.1) is 5.92 Å². The molecule has 0 aliphatic carbocycles. The van der Waals surface area contributed by atoms with Gasteiger partial charge in [-0.3, -0.25) is 4.79 Å². The number of carbonyl (C=O) groups is 1. The molecule has 1 rings (SSSR count). The molecule has 1 amide bonds. The van der Waals surface area contributed by atoms with Crippen molar-refractivity contribution in [1.29, 1.82) is 0 Å². The van der Waals surface area contributed by atoms with Crippen molar-refractivity contribution in [3.05, 3.63) is 23.7 Å². The van der Waals surface area contributed by atoms with Crippen LogP contribution in [-0.4, -0.2) is 23.4 Å². The minimum Gasteiger partial charge on any atom is -0.455 e. The van der Waals surface area contributed by atoms with E-state index < -0.39 is 0 Å². The topological polar surface area (TPSA) is 59.5 Å². The Morgan fingerprint density at radius 2 is 1.95 bits per heavy atom. The second-order valence-electron chi connectivity index (χ2n) is 5.29. The fourth-order valence-electron chi connectivity index (χ4n) is 2.26. The Labute approximate surface area is 116 Å². The molecule has 0 aliphatic heterocycles. The van der Waals surface area contributed by atoms with Gasteiger partial charge < -0.3 is 15.1 Å². The molecule has 0 radical (unpaired) electrons. The number of carbonyl (C=O) groups excluding carboxylic acids is 1. The van der Waals surface area contributed by atoms with Gasteiger partial charge in [-0.1, -0.05) is 27.7 Å².